The zero-order valence-electron chi connectivity index (χ0n) is 16.9. The SMILES string of the molecule is [C-]#[N+]c1ccc2cc1OCCCCCc1nc(nc3c1CCC3c1ccccc1)N2. The Morgan fingerprint density at radius 1 is 1.00 bits per heavy atom. The Balaban J connectivity index is 1.57. The van der Waals surface area contributed by atoms with Gasteiger partial charge in [0, 0.05) is 17.3 Å². The van der Waals surface area contributed by atoms with Gasteiger partial charge in [-0.3, -0.25) is 0 Å². The van der Waals surface area contributed by atoms with Crippen LogP contribution < -0.4 is 10.1 Å². The van der Waals surface area contributed by atoms with Crippen molar-refractivity contribution < 1.29 is 4.74 Å². The lowest BCUT2D eigenvalue weighted by molar-refractivity contribution is 0.307. The molecule has 1 unspecified atom stereocenters. The molecule has 1 atom stereocenters. The molecule has 5 heteroatoms. The van der Waals surface area contributed by atoms with Crippen molar-refractivity contribution in [2.75, 3.05) is 11.9 Å². The summed E-state index contributed by atoms with van der Waals surface area (Å²) in [5, 5.41) is 3.37. The van der Waals surface area contributed by atoms with Crippen molar-refractivity contribution in [3.63, 3.8) is 0 Å². The van der Waals surface area contributed by atoms with Crippen LogP contribution in [0.25, 0.3) is 4.85 Å². The van der Waals surface area contributed by atoms with E-state index in [2.05, 4.69) is 40.5 Å². The van der Waals surface area contributed by atoms with Gasteiger partial charge >= 0.3 is 0 Å². The molecule has 1 aliphatic heterocycles. The smallest absolute Gasteiger partial charge is 0.228 e. The summed E-state index contributed by atoms with van der Waals surface area (Å²) < 4.78 is 5.90. The number of hydrogen-bond acceptors (Lipinski definition) is 4. The molecule has 2 aromatic carbocycles. The minimum absolute atomic E-state index is 0.322. The molecule has 0 saturated carbocycles. The van der Waals surface area contributed by atoms with Crippen LogP contribution >= 0.6 is 0 Å². The zero-order valence-corrected chi connectivity index (χ0v) is 16.9. The Morgan fingerprint density at radius 2 is 1.90 bits per heavy atom. The van der Waals surface area contributed by atoms with E-state index >= 15 is 0 Å². The molecule has 0 radical (unpaired) electrons. The molecule has 3 aromatic rings. The number of nitrogens with one attached hydrogen (secondary N) is 1. The number of benzene rings is 2. The van der Waals surface area contributed by atoms with E-state index in [4.69, 9.17) is 21.3 Å². The summed E-state index contributed by atoms with van der Waals surface area (Å²) in [6.07, 6.45) is 6.22. The number of aromatic nitrogens is 2. The Bertz CT molecular complexity index is 1100. The van der Waals surface area contributed by atoms with Gasteiger partial charge < -0.3 is 10.1 Å². The fourth-order valence-electron chi connectivity index (χ4n) is 4.49. The summed E-state index contributed by atoms with van der Waals surface area (Å²) >= 11 is 0. The maximum absolute atomic E-state index is 7.39. The van der Waals surface area contributed by atoms with Crippen LogP contribution in [0.2, 0.25) is 0 Å². The molecule has 1 aromatic heterocycles. The highest BCUT2D eigenvalue weighted by atomic mass is 16.5. The minimum Gasteiger partial charge on any atom is -0.505 e. The number of nitrogens with zero attached hydrogens (tertiary/aromatic N) is 3. The molecule has 150 valence electrons. The van der Waals surface area contributed by atoms with E-state index in [1.54, 1.807) is 6.07 Å². The molecule has 0 spiro atoms. The third-order valence-corrected chi connectivity index (χ3v) is 5.99. The van der Waals surface area contributed by atoms with Crippen LogP contribution in [0.15, 0.2) is 48.5 Å². The van der Waals surface area contributed by atoms with Gasteiger partial charge in [-0.25, -0.2) is 14.8 Å². The number of aryl methyl sites for hydroxylation is 1. The standard InChI is InChI=1S/C25H24N4O/c1-26-22-14-11-18-16-23(22)30-15-7-3-6-10-21-20-13-12-19(17-8-4-2-5-9-17)24(20)29-25(27-18)28-21/h2,4-5,8-9,11,14,16,19H,3,6-7,10,12-13,15H2,(H,27,28,29). The first-order chi connectivity index (χ1) is 14.8. The van der Waals surface area contributed by atoms with Crippen LogP contribution in [0.3, 0.4) is 0 Å². The Labute approximate surface area is 177 Å². The molecule has 0 amide bonds. The van der Waals surface area contributed by atoms with E-state index in [0.717, 1.165) is 49.9 Å². The van der Waals surface area contributed by atoms with Gasteiger partial charge in [0.1, 0.15) is 5.75 Å². The summed E-state index contributed by atoms with van der Waals surface area (Å²) in [5.41, 5.74) is 6.38. The van der Waals surface area contributed by atoms with Gasteiger partial charge in [0.05, 0.1) is 18.9 Å². The van der Waals surface area contributed by atoms with Crippen molar-refractivity contribution in [3.8, 4) is 5.75 Å². The predicted octanol–water partition coefficient (Wildman–Crippen LogP) is 5.95. The average molecular weight is 396 g/mol. The summed E-state index contributed by atoms with van der Waals surface area (Å²) in [6.45, 7) is 8.02. The number of rotatable bonds is 1. The van der Waals surface area contributed by atoms with Crippen molar-refractivity contribution in [1.82, 2.24) is 9.97 Å². The highest BCUT2D eigenvalue weighted by Crippen LogP contribution is 2.39. The maximum atomic E-state index is 7.39. The first-order valence-electron chi connectivity index (χ1n) is 10.7. The fraction of sp³-hybridized carbons (Fsp3) is 0.320. The summed E-state index contributed by atoms with van der Waals surface area (Å²) in [7, 11) is 0. The minimum atomic E-state index is 0.322. The van der Waals surface area contributed by atoms with Crippen LogP contribution in [0, 0.1) is 6.57 Å². The average Bonchev–Trinajstić information content (AvgIpc) is 3.20. The highest BCUT2D eigenvalue weighted by Gasteiger charge is 2.29. The van der Waals surface area contributed by atoms with Crippen LogP contribution in [0.1, 0.15) is 54.1 Å². The van der Waals surface area contributed by atoms with Crippen LogP contribution in [0.4, 0.5) is 17.3 Å². The number of hydrogen-bond donors (Lipinski definition) is 1. The van der Waals surface area contributed by atoms with E-state index in [-0.39, 0.29) is 0 Å². The molecule has 4 bridgehead atoms. The largest absolute Gasteiger partial charge is 0.505 e. The number of fused-ring (bicyclic) bond motifs is 6. The molecule has 2 aliphatic rings. The van der Waals surface area contributed by atoms with Gasteiger partial charge in [-0.05, 0) is 61.8 Å². The summed E-state index contributed by atoms with van der Waals surface area (Å²) in [6, 6.07) is 16.2. The van der Waals surface area contributed by atoms with Crippen molar-refractivity contribution in [2.24, 2.45) is 0 Å². The van der Waals surface area contributed by atoms with Crippen molar-refractivity contribution in [3.05, 3.63) is 82.5 Å². The lowest BCUT2D eigenvalue weighted by Crippen LogP contribution is -2.08. The van der Waals surface area contributed by atoms with Gasteiger partial charge in [-0.15, -0.1) is 0 Å². The van der Waals surface area contributed by atoms with Gasteiger partial charge in [0.2, 0.25) is 11.6 Å². The molecule has 30 heavy (non-hydrogen) atoms. The summed E-state index contributed by atoms with van der Waals surface area (Å²) in [5.74, 6) is 1.58. The fourth-order valence-corrected chi connectivity index (χ4v) is 4.49. The maximum Gasteiger partial charge on any atom is 0.228 e. The third kappa shape index (κ3) is 3.61. The van der Waals surface area contributed by atoms with E-state index in [1.807, 2.05) is 12.1 Å². The molecular weight excluding hydrogens is 372 g/mol. The molecule has 5 rings (SSSR count). The van der Waals surface area contributed by atoms with Gasteiger partial charge in [-0.1, -0.05) is 36.4 Å². The second kappa shape index (κ2) is 8.16. The first-order valence-corrected chi connectivity index (χ1v) is 10.7. The van der Waals surface area contributed by atoms with Gasteiger partial charge in [-0.2, -0.15) is 0 Å². The van der Waals surface area contributed by atoms with Gasteiger partial charge in [0.15, 0.2) is 0 Å². The van der Waals surface area contributed by atoms with Crippen LogP contribution in [-0.2, 0) is 12.8 Å². The zero-order chi connectivity index (χ0) is 20.3. The normalized spacial score (nSPS) is 17.9. The molecular formula is C25H24N4O. The quantitative estimate of drug-likeness (QED) is 0.516. The predicted molar refractivity (Wildman–Crippen MR) is 118 cm³/mol. The van der Waals surface area contributed by atoms with Gasteiger partial charge in [0.25, 0.3) is 0 Å². The summed E-state index contributed by atoms with van der Waals surface area (Å²) in [4.78, 5) is 13.5. The first kappa shape index (κ1) is 18.6. The molecule has 5 nitrogen and oxygen atoms in total. The second-order valence-electron chi connectivity index (χ2n) is 7.94. The van der Waals surface area contributed by atoms with E-state index in [1.165, 1.54) is 16.8 Å². The van der Waals surface area contributed by atoms with Crippen molar-refractivity contribution >= 4 is 17.3 Å². The Kier molecular flexibility index (Phi) is 5.06. The van der Waals surface area contributed by atoms with E-state index < -0.39 is 0 Å². The number of anilines is 2. The lowest BCUT2D eigenvalue weighted by atomic mass is 9.96. The van der Waals surface area contributed by atoms with Crippen LogP contribution in [0.5, 0.6) is 5.75 Å². The Hall–Kier alpha value is -3.39. The van der Waals surface area contributed by atoms with E-state index in [9.17, 15) is 0 Å². The monoisotopic (exact) mass is 396 g/mol. The molecule has 1 aliphatic carbocycles. The highest BCUT2D eigenvalue weighted by molar-refractivity contribution is 5.67. The number of ether oxygens (including phenoxy) is 1. The molecule has 2 heterocycles. The second-order valence-corrected chi connectivity index (χ2v) is 7.94. The molecule has 1 N–H and O–H groups in total. The molecule has 0 saturated heterocycles. The lowest BCUT2D eigenvalue weighted by Gasteiger charge is -2.15. The Morgan fingerprint density at radius 3 is 2.77 bits per heavy atom. The third-order valence-electron chi connectivity index (χ3n) is 5.99. The topological polar surface area (TPSA) is 51.4 Å². The van der Waals surface area contributed by atoms with Crippen LogP contribution in [-0.4, -0.2) is 16.6 Å². The van der Waals surface area contributed by atoms with E-state index in [0.29, 0.717) is 29.9 Å². The molecule has 0 fully saturated rings. The van der Waals surface area contributed by atoms with Crippen molar-refractivity contribution in [1.29, 1.82) is 0 Å². The van der Waals surface area contributed by atoms with Crippen molar-refractivity contribution in [2.45, 2.75) is 44.4 Å².